The molecule has 9 nitrogen and oxygen atoms in total. The lowest BCUT2D eigenvalue weighted by Crippen LogP contribution is -2.44. The van der Waals surface area contributed by atoms with Gasteiger partial charge in [-0.3, -0.25) is 19.2 Å². The Morgan fingerprint density at radius 3 is 2.26 bits per heavy atom. The predicted molar refractivity (Wildman–Crippen MR) is 138 cm³/mol. The van der Waals surface area contributed by atoms with E-state index in [4.69, 9.17) is 9.63 Å². The van der Waals surface area contributed by atoms with Gasteiger partial charge in [-0.2, -0.15) is 0 Å². The number of ketones is 2. The molecule has 9 heteroatoms. The van der Waals surface area contributed by atoms with Crippen LogP contribution in [0.5, 0.6) is 0 Å². The molecule has 196 valence electrons. The molecular formula is C29H29N3O6. The van der Waals surface area contributed by atoms with Crippen LogP contribution in [0.3, 0.4) is 0 Å². The van der Waals surface area contributed by atoms with E-state index >= 15 is 0 Å². The number of carbonyl (C=O) groups excluding carboxylic acids is 4. The van der Waals surface area contributed by atoms with Crippen LogP contribution >= 0.6 is 0 Å². The third kappa shape index (κ3) is 4.89. The first-order chi connectivity index (χ1) is 18.5. The average Bonchev–Trinajstić information content (AvgIpc) is 3.59. The van der Waals surface area contributed by atoms with Gasteiger partial charge in [-0.05, 0) is 43.0 Å². The molecular weight excluding hydrogens is 486 g/mol. The van der Waals surface area contributed by atoms with Crippen molar-refractivity contribution < 1.29 is 28.8 Å². The molecule has 0 spiro atoms. The Morgan fingerprint density at radius 1 is 0.947 bits per heavy atom. The normalized spacial score (nSPS) is 20.1. The maximum atomic E-state index is 13.7. The summed E-state index contributed by atoms with van der Waals surface area (Å²) in [5, 5.41) is 15.4. The molecule has 2 heterocycles. The molecule has 2 fully saturated rings. The van der Waals surface area contributed by atoms with Gasteiger partial charge in [-0.1, -0.05) is 48.7 Å². The molecule has 1 aliphatic carbocycles. The Hall–Kier alpha value is -4.11. The molecule has 0 radical (unpaired) electrons. The fourth-order valence-electron chi connectivity index (χ4n) is 5.60. The highest BCUT2D eigenvalue weighted by atomic mass is 16.5. The molecule has 0 bridgehead atoms. The van der Waals surface area contributed by atoms with E-state index < -0.39 is 29.4 Å². The van der Waals surface area contributed by atoms with E-state index in [2.05, 4.69) is 10.5 Å². The second-order valence-electron chi connectivity index (χ2n) is 9.76. The quantitative estimate of drug-likeness (QED) is 0.267. The predicted octanol–water partition coefficient (Wildman–Crippen LogP) is 3.43. The van der Waals surface area contributed by atoms with Crippen molar-refractivity contribution in [1.82, 2.24) is 10.5 Å². The van der Waals surface area contributed by atoms with E-state index in [9.17, 15) is 19.2 Å². The molecule has 1 aliphatic heterocycles. The van der Waals surface area contributed by atoms with E-state index in [-0.39, 0.29) is 30.5 Å². The van der Waals surface area contributed by atoms with Crippen molar-refractivity contribution in [3.05, 3.63) is 72.0 Å². The lowest BCUT2D eigenvalue weighted by Gasteiger charge is -2.35. The Kier molecular flexibility index (Phi) is 7.46. The van der Waals surface area contributed by atoms with E-state index in [1.165, 1.54) is 35.4 Å². The van der Waals surface area contributed by atoms with E-state index in [1.54, 1.807) is 18.2 Å². The van der Waals surface area contributed by atoms with Gasteiger partial charge in [0, 0.05) is 35.0 Å². The number of aliphatic hydroxyl groups excluding tert-OH is 1. The smallest absolute Gasteiger partial charge is 0.295 e. The maximum absolute atomic E-state index is 13.7. The van der Waals surface area contributed by atoms with E-state index in [1.807, 2.05) is 12.1 Å². The van der Waals surface area contributed by atoms with Crippen LogP contribution in [0.4, 0.5) is 5.69 Å². The minimum absolute atomic E-state index is 0.0202. The molecule has 5 rings (SSSR count). The van der Waals surface area contributed by atoms with Crippen molar-refractivity contribution in [2.24, 2.45) is 11.8 Å². The van der Waals surface area contributed by atoms with Gasteiger partial charge in [0.15, 0.2) is 5.78 Å². The highest BCUT2D eigenvalue weighted by molar-refractivity contribution is 6.49. The lowest BCUT2D eigenvalue weighted by atomic mass is 9.76. The Labute approximate surface area is 219 Å². The summed E-state index contributed by atoms with van der Waals surface area (Å²) < 4.78 is 4.92. The summed E-state index contributed by atoms with van der Waals surface area (Å²) in [6.45, 7) is -0.0567. The van der Waals surface area contributed by atoms with Gasteiger partial charge in [0.25, 0.3) is 11.8 Å². The Bertz CT molecular complexity index is 1310. The number of benzene rings is 2. The standard InChI is InChI=1S/C29H29N3O6/c33-16-15-30-28(36)21-8-6-20(7-9-21)26(34)24-25(19-4-2-1-3-5-19)32(29(37)27(24)35)22-12-10-18(11-13-22)23-14-17-38-31-23/h6-14,17,19,24-25,33H,1-5,15-16H2,(H,30,36). The van der Waals surface area contributed by atoms with Crippen LogP contribution in [0.25, 0.3) is 11.3 Å². The van der Waals surface area contributed by atoms with Gasteiger partial charge >= 0.3 is 0 Å². The van der Waals surface area contributed by atoms with Gasteiger partial charge in [0.2, 0.25) is 5.78 Å². The average molecular weight is 516 g/mol. The molecule has 38 heavy (non-hydrogen) atoms. The number of amides is 2. The topological polar surface area (TPSA) is 130 Å². The lowest BCUT2D eigenvalue weighted by molar-refractivity contribution is -0.135. The second-order valence-corrected chi connectivity index (χ2v) is 9.76. The van der Waals surface area contributed by atoms with E-state index in [0.717, 1.165) is 37.7 Å². The summed E-state index contributed by atoms with van der Waals surface area (Å²) in [7, 11) is 0. The van der Waals surface area contributed by atoms with Gasteiger partial charge in [0.1, 0.15) is 17.9 Å². The zero-order valence-corrected chi connectivity index (χ0v) is 20.8. The number of carbonyl (C=O) groups is 4. The Morgan fingerprint density at radius 2 is 1.63 bits per heavy atom. The monoisotopic (exact) mass is 515 g/mol. The summed E-state index contributed by atoms with van der Waals surface area (Å²) in [5.41, 5.74) is 2.65. The fraction of sp³-hybridized carbons (Fsp3) is 0.345. The van der Waals surface area contributed by atoms with Crippen molar-refractivity contribution in [3.63, 3.8) is 0 Å². The molecule has 2 N–H and O–H groups in total. The van der Waals surface area contributed by atoms with E-state index in [0.29, 0.717) is 16.9 Å². The number of aromatic nitrogens is 1. The highest BCUT2D eigenvalue weighted by Crippen LogP contribution is 2.41. The second kappa shape index (κ2) is 11.1. The Balaban J connectivity index is 1.46. The first-order valence-electron chi connectivity index (χ1n) is 12.9. The highest BCUT2D eigenvalue weighted by Gasteiger charge is 2.54. The minimum atomic E-state index is -1.12. The number of nitrogens with zero attached hydrogens (tertiary/aromatic N) is 2. The van der Waals surface area contributed by atoms with Crippen molar-refractivity contribution in [3.8, 4) is 11.3 Å². The molecule has 2 atom stereocenters. The largest absolute Gasteiger partial charge is 0.395 e. The summed E-state index contributed by atoms with van der Waals surface area (Å²) in [6.07, 6.45) is 6.23. The van der Waals surface area contributed by atoms with Crippen LogP contribution in [-0.2, 0) is 9.59 Å². The van der Waals surface area contributed by atoms with Crippen molar-refractivity contribution in [2.75, 3.05) is 18.1 Å². The molecule has 1 saturated heterocycles. The molecule has 2 aromatic carbocycles. The van der Waals surface area contributed by atoms with Crippen molar-refractivity contribution >= 4 is 29.1 Å². The van der Waals surface area contributed by atoms with Crippen molar-refractivity contribution in [2.45, 2.75) is 38.1 Å². The maximum Gasteiger partial charge on any atom is 0.295 e. The number of hydrogen-bond acceptors (Lipinski definition) is 7. The third-order valence-corrected chi connectivity index (χ3v) is 7.48. The zero-order chi connectivity index (χ0) is 26.6. The van der Waals surface area contributed by atoms with Gasteiger partial charge < -0.3 is 19.8 Å². The molecule has 3 aromatic rings. The molecule has 2 unspecified atom stereocenters. The number of aliphatic hydroxyl groups is 1. The first kappa shape index (κ1) is 25.5. The van der Waals surface area contributed by atoms with Crippen LogP contribution in [0.1, 0.15) is 52.8 Å². The molecule has 2 amide bonds. The first-order valence-corrected chi connectivity index (χ1v) is 12.9. The summed E-state index contributed by atoms with van der Waals surface area (Å²) in [6, 6.07) is 14.4. The van der Waals surface area contributed by atoms with Crippen molar-refractivity contribution in [1.29, 1.82) is 0 Å². The number of hydrogen-bond donors (Lipinski definition) is 2. The molecule has 1 saturated carbocycles. The van der Waals surface area contributed by atoms with Crippen LogP contribution < -0.4 is 10.2 Å². The number of nitrogens with one attached hydrogen (secondary N) is 1. The number of rotatable bonds is 8. The van der Waals surface area contributed by atoms with Crippen LogP contribution in [0, 0.1) is 11.8 Å². The summed E-state index contributed by atoms with van der Waals surface area (Å²) in [4.78, 5) is 54.2. The third-order valence-electron chi connectivity index (χ3n) is 7.48. The summed E-state index contributed by atoms with van der Waals surface area (Å²) in [5.74, 6) is -3.25. The molecule has 1 aromatic heterocycles. The van der Waals surface area contributed by atoms with Gasteiger partial charge in [-0.15, -0.1) is 0 Å². The van der Waals surface area contributed by atoms with Crippen LogP contribution in [0.2, 0.25) is 0 Å². The number of anilines is 1. The minimum Gasteiger partial charge on any atom is -0.395 e. The fourth-order valence-corrected chi connectivity index (χ4v) is 5.60. The molecule has 2 aliphatic rings. The van der Waals surface area contributed by atoms with Crippen LogP contribution in [-0.4, -0.2) is 52.8 Å². The van der Waals surface area contributed by atoms with Gasteiger partial charge in [-0.25, -0.2) is 0 Å². The van der Waals surface area contributed by atoms with Gasteiger partial charge in [0.05, 0.1) is 12.6 Å². The summed E-state index contributed by atoms with van der Waals surface area (Å²) >= 11 is 0. The SMILES string of the molecule is O=C(NCCO)c1ccc(C(=O)C2C(=O)C(=O)N(c3ccc(-c4ccon4)cc3)C2C2CCCCC2)cc1. The number of Topliss-reactive ketones (excluding diaryl/α,β-unsaturated/α-hetero) is 2. The van der Waals surface area contributed by atoms with Crippen LogP contribution in [0.15, 0.2) is 65.4 Å². The zero-order valence-electron chi connectivity index (χ0n) is 20.8.